The van der Waals surface area contributed by atoms with Gasteiger partial charge in [-0.3, -0.25) is 4.79 Å². The van der Waals surface area contributed by atoms with Crippen molar-refractivity contribution in [3.8, 4) is 11.5 Å². The molecule has 1 aromatic carbocycles. The van der Waals surface area contributed by atoms with Crippen LogP contribution in [0.4, 0.5) is 0 Å². The van der Waals surface area contributed by atoms with E-state index in [4.69, 9.17) is 9.47 Å². The summed E-state index contributed by atoms with van der Waals surface area (Å²) in [6, 6.07) is 5.94. The Hall–Kier alpha value is -1.71. The second kappa shape index (κ2) is 4.90. The number of ether oxygens (including phenoxy) is 2. The van der Waals surface area contributed by atoms with Crippen molar-refractivity contribution in [2.75, 3.05) is 13.2 Å². The second-order valence-corrected chi connectivity index (χ2v) is 7.26. The number of hydrogen-bond acceptors (Lipinski definition) is 3. The maximum Gasteiger partial charge on any atom is 0.224 e. The summed E-state index contributed by atoms with van der Waals surface area (Å²) in [7, 11) is 0. The molecule has 2 aliphatic carbocycles. The molecule has 4 nitrogen and oxygen atoms in total. The third kappa shape index (κ3) is 2.25. The standard InChI is InChI=1S/C18H23NO3/c1-18(2,19-17(20)16-12-4-3-5-13(12)16)11-6-7-14-15(10-11)22-9-8-21-14/h6-7,10,12-13,16H,3-5,8-9H2,1-2H3,(H,19,20). The van der Waals surface area contributed by atoms with Crippen LogP contribution >= 0.6 is 0 Å². The van der Waals surface area contributed by atoms with E-state index in [1.54, 1.807) is 0 Å². The molecule has 1 heterocycles. The highest BCUT2D eigenvalue weighted by Crippen LogP contribution is 2.57. The van der Waals surface area contributed by atoms with Crippen molar-refractivity contribution in [1.29, 1.82) is 0 Å². The van der Waals surface area contributed by atoms with Crippen LogP contribution in [0.5, 0.6) is 11.5 Å². The fraction of sp³-hybridized carbons (Fsp3) is 0.611. The van der Waals surface area contributed by atoms with Gasteiger partial charge in [-0.2, -0.15) is 0 Å². The molecule has 0 bridgehead atoms. The highest BCUT2D eigenvalue weighted by atomic mass is 16.6. The Morgan fingerprint density at radius 2 is 1.82 bits per heavy atom. The number of benzene rings is 1. The van der Waals surface area contributed by atoms with Gasteiger partial charge >= 0.3 is 0 Å². The van der Waals surface area contributed by atoms with Crippen molar-refractivity contribution in [2.24, 2.45) is 17.8 Å². The molecule has 1 amide bonds. The lowest BCUT2D eigenvalue weighted by atomic mass is 9.93. The predicted octanol–water partition coefficient (Wildman–Crippen LogP) is 2.86. The number of hydrogen-bond donors (Lipinski definition) is 1. The lowest BCUT2D eigenvalue weighted by molar-refractivity contribution is -0.124. The Balaban J connectivity index is 1.49. The van der Waals surface area contributed by atoms with Gasteiger partial charge in [-0.1, -0.05) is 12.5 Å². The van der Waals surface area contributed by atoms with Crippen molar-refractivity contribution in [3.63, 3.8) is 0 Å². The van der Waals surface area contributed by atoms with Crippen LogP contribution in [0.25, 0.3) is 0 Å². The monoisotopic (exact) mass is 301 g/mol. The third-order valence-corrected chi connectivity index (χ3v) is 5.41. The fourth-order valence-corrected chi connectivity index (χ4v) is 4.11. The van der Waals surface area contributed by atoms with E-state index in [9.17, 15) is 4.79 Å². The summed E-state index contributed by atoms with van der Waals surface area (Å²) in [4.78, 5) is 12.5. The van der Waals surface area contributed by atoms with E-state index >= 15 is 0 Å². The molecule has 2 atom stereocenters. The van der Waals surface area contributed by atoms with Crippen molar-refractivity contribution in [3.05, 3.63) is 23.8 Å². The zero-order valence-electron chi connectivity index (χ0n) is 13.2. The third-order valence-electron chi connectivity index (χ3n) is 5.41. The highest BCUT2D eigenvalue weighted by molar-refractivity contribution is 5.83. The number of amides is 1. The Morgan fingerprint density at radius 3 is 2.55 bits per heavy atom. The van der Waals surface area contributed by atoms with Gasteiger partial charge in [0.05, 0.1) is 5.54 Å². The quantitative estimate of drug-likeness (QED) is 0.934. The summed E-state index contributed by atoms with van der Waals surface area (Å²) in [6.07, 6.45) is 3.76. The highest BCUT2D eigenvalue weighted by Gasteiger charge is 2.56. The van der Waals surface area contributed by atoms with Crippen LogP contribution in [0.15, 0.2) is 18.2 Å². The summed E-state index contributed by atoms with van der Waals surface area (Å²) < 4.78 is 11.2. The van der Waals surface area contributed by atoms with E-state index < -0.39 is 5.54 Å². The molecule has 3 aliphatic rings. The van der Waals surface area contributed by atoms with E-state index in [1.807, 2.05) is 18.2 Å². The van der Waals surface area contributed by atoms with Gasteiger partial charge in [0.15, 0.2) is 11.5 Å². The second-order valence-electron chi connectivity index (χ2n) is 7.26. The van der Waals surface area contributed by atoms with Crippen LogP contribution in [0.2, 0.25) is 0 Å². The summed E-state index contributed by atoms with van der Waals surface area (Å²) in [6.45, 7) is 5.27. The molecule has 4 rings (SSSR count). The topological polar surface area (TPSA) is 47.6 Å². The number of rotatable bonds is 3. The van der Waals surface area contributed by atoms with Crippen molar-refractivity contribution >= 4 is 5.91 Å². The van der Waals surface area contributed by atoms with Crippen LogP contribution in [0.3, 0.4) is 0 Å². The largest absolute Gasteiger partial charge is 0.486 e. The minimum Gasteiger partial charge on any atom is -0.486 e. The summed E-state index contributed by atoms with van der Waals surface area (Å²) in [5, 5.41) is 3.23. The van der Waals surface area contributed by atoms with Gasteiger partial charge in [-0.15, -0.1) is 0 Å². The molecule has 0 radical (unpaired) electrons. The molecule has 1 aliphatic heterocycles. The lowest BCUT2D eigenvalue weighted by Crippen LogP contribution is -2.42. The maximum atomic E-state index is 12.5. The Bertz CT molecular complexity index is 600. The van der Waals surface area contributed by atoms with Gasteiger partial charge in [0.1, 0.15) is 13.2 Å². The molecular weight excluding hydrogens is 278 g/mol. The van der Waals surface area contributed by atoms with Gasteiger partial charge in [0, 0.05) is 5.92 Å². The van der Waals surface area contributed by atoms with Crippen LogP contribution < -0.4 is 14.8 Å². The molecule has 22 heavy (non-hydrogen) atoms. The first-order valence-electron chi connectivity index (χ1n) is 8.28. The van der Waals surface area contributed by atoms with Crippen molar-refractivity contribution in [2.45, 2.75) is 38.6 Å². The average molecular weight is 301 g/mol. The van der Waals surface area contributed by atoms with Crippen molar-refractivity contribution in [1.82, 2.24) is 5.32 Å². The number of fused-ring (bicyclic) bond motifs is 2. The SMILES string of the molecule is CC(C)(NC(=O)C1C2CCCC21)c1ccc2c(c1)OCCO2. The molecule has 0 aromatic heterocycles. The zero-order chi connectivity index (χ0) is 15.3. The van der Waals surface area contributed by atoms with E-state index in [1.165, 1.54) is 19.3 Å². The molecule has 1 aromatic rings. The summed E-state index contributed by atoms with van der Waals surface area (Å²) >= 11 is 0. The molecule has 1 N–H and O–H groups in total. The molecular formula is C18H23NO3. The van der Waals surface area contributed by atoms with Gasteiger partial charge < -0.3 is 14.8 Å². The van der Waals surface area contributed by atoms with Crippen LogP contribution in [0.1, 0.15) is 38.7 Å². The minimum absolute atomic E-state index is 0.217. The normalized spacial score (nSPS) is 28.9. The van der Waals surface area contributed by atoms with E-state index in [0.29, 0.717) is 25.0 Å². The van der Waals surface area contributed by atoms with E-state index in [-0.39, 0.29) is 11.8 Å². The number of carbonyl (C=O) groups is 1. The Labute approximate surface area is 131 Å². The molecule has 2 saturated carbocycles. The van der Waals surface area contributed by atoms with Crippen LogP contribution in [-0.2, 0) is 10.3 Å². The maximum absolute atomic E-state index is 12.5. The predicted molar refractivity (Wildman–Crippen MR) is 82.9 cm³/mol. The first-order chi connectivity index (χ1) is 10.6. The molecule has 0 saturated heterocycles. The molecule has 4 heteroatoms. The van der Waals surface area contributed by atoms with Gasteiger partial charge in [0.25, 0.3) is 0 Å². The smallest absolute Gasteiger partial charge is 0.224 e. The molecule has 0 spiro atoms. The van der Waals surface area contributed by atoms with Gasteiger partial charge in [-0.25, -0.2) is 0 Å². The number of carbonyl (C=O) groups excluding carboxylic acids is 1. The minimum atomic E-state index is -0.399. The Morgan fingerprint density at radius 1 is 1.14 bits per heavy atom. The fourth-order valence-electron chi connectivity index (χ4n) is 4.11. The zero-order valence-corrected chi connectivity index (χ0v) is 13.2. The van der Waals surface area contributed by atoms with E-state index in [0.717, 1.165) is 17.1 Å². The lowest BCUT2D eigenvalue weighted by Gasteiger charge is -2.29. The first-order valence-corrected chi connectivity index (χ1v) is 8.28. The van der Waals surface area contributed by atoms with Crippen LogP contribution in [0, 0.1) is 17.8 Å². The molecule has 2 unspecified atom stereocenters. The molecule has 118 valence electrons. The number of nitrogens with one attached hydrogen (secondary N) is 1. The van der Waals surface area contributed by atoms with Crippen molar-refractivity contribution < 1.29 is 14.3 Å². The summed E-state index contributed by atoms with van der Waals surface area (Å²) in [5.41, 5.74) is 0.653. The molecule has 2 fully saturated rings. The summed E-state index contributed by atoms with van der Waals surface area (Å²) in [5.74, 6) is 3.33. The Kier molecular flexibility index (Phi) is 3.10. The van der Waals surface area contributed by atoms with E-state index in [2.05, 4.69) is 19.2 Å². The van der Waals surface area contributed by atoms with Gasteiger partial charge in [-0.05, 0) is 56.2 Å². The average Bonchev–Trinajstić information content (AvgIpc) is 3.00. The van der Waals surface area contributed by atoms with Crippen LogP contribution in [-0.4, -0.2) is 19.1 Å². The first kappa shape index (κ1) is 13.9. The van der Waals surface area contributed by atoms with Gasteiger partial charge in [0.2, 0.25) is 5.91 Å².